The Kier molecular flexibility index (Phi) is 3.50. The van der Waals surface area contributed by atoms with Crippen LogP contribution in [-0.4, -0.2) is 25.0 Å². The Labute approximate surface area is 106 Å². The van der Waals surface area contributed by atoms with Crippen LogP contribution in [0, 0.1) is 0 Å². The minimum absolute atomic E-state index is 0.0274. The fraction of sp³-hybridized carbons (Fsp3) is 0.385. The number of hydrogen-bond donors (Lipinski definition) is 1. The lowest BCUT2D eigenvalue weighted by Gasteiger charge is -2.33. The minimum Gasteiger partial charge on any atom is -0.479 e. The molecule has 1 N–H and O–H groups in total. The zero-order valence-corrected chi connectivity index (χ0v) is 10.5. The highest BCUT2D eigenvalue weighted by Gasteiger charge is 2.30. The standard InChI is InChI=1S/C13H16N2O3/c1-3-6-15-11-5-4-10(14-8-16)7-12(11)18-9(2)13(15)17/h4-5,7-9H,3,6H2,1-2H3,(H,14,16). The fourth-order valence-corrected chi connectivity index (χ4v) is 2.02. The summed E-state index contributed by atoms with van der Waals surface area (Å²) < 4.78 is 5.56. The van der Waals surface area contributed by atoms with Gasteiger partial charge in [0.15, 0.2) is 6.10 Å². The molecule has 1 aliphatic rings. The first kappa shape index (κ1) is 12.4. The Morgan fingerprint density at radius 3 is 2.94 bits per heavy atom. The molecule has 1 aromatic rings. The maximum Gasteiger partial charge on any atom is 0.267 e. The van der Waals surface area contributed by atoms with Crippen molar-refractivity contribution in [3.05, 3.63) is 18.2 Å². The van der Waals surface area contributed by atoms with Crippen LogP contribution < -0.4 is 15.0 Å². The van der Waals surface area contributed by atoms with Crippen LogP contribution in [0.1, 0.15) is 20.3 Å². The number of hydrogen-bond acceptors (Lipinski definition) is 3. The van der Waals surface area contributed by atoms with Gasteiger partial charge in [-0.25, -0.2) is 0 Å². The second kappa shape index (κ2) is 5.08. The Hall–Kier alpha value is -2.04. The van der Waals surface area contributed by atoms with E-state index in [-0.39, 0.29) is 5.91 Å². The molecule has 1 heterocycles. The molecule has 0 aromatic heterocycles. The molecule has 1 aliphatic heterocycles. The van der Waals surface area contributed by atoms with Crippen molar-refractivity contribution in [1.29, 1.82) is 0 Å². The third kappa shape index (κ3) is 2.16. The third-order valence-electron chi connectivity index (χ3n) is 2.84. The molecule has 0 spiro atoms. The number of amides is 2. The van der Waals surface area contributed by atoms with Gasteiger partial charge in [0.2, 0.25) is 6.41 Å². The zero-order chi connectivity index (χ0) is 13.1. The van der Waals surface area contributed by atoms with Gasteiger partial charge in [-0.1, -0.05) is 6.92 Å². The summed E-state index contributed by atoms with van der Waals surface area (Å²) >= 11 is 0. The summed E-state index contributed by atoms with van der Waals surface area (Å²) in [6, 6.07) is 5.28. The summed E-state index contributed by atoms with van der Waals surface area (Å²) in [5.41, 5.74) is 1.41. The summed E-state index contributed by atoms with van der Waals surface area (Å²) in [7, 11) is 0. The number of fused-ring (bicyclic) bond motifs is 1. The van der Waals surface area contributed by atoms with E-state index in [0.717, 1.165) is 12.1 Å². The van der Waals surface area contributed by atoms with Gasteiger partial charge in [0.1, 0.15) is 5.75 Å². The first-order valence-electron chi connectivity index (χ1n) is 5.99. The lowest BCUT2D eigenvalue weighted by atomic mass is 10.1. The van der Waals surface area contributed by atoms with E-state index in [1.165, 1.54) is 0 Å². The lowest BCUT2D eigenvalue weighted by Crippen LogP contribution is -2.44. The molecule has 5 nitrogen and oxygen atoms in total. The summed E-state index contributed by atoms with van der Waals surface area (Å²) in [5.74, 6) is 0.600. The van der Waals surface area contributed by atoms with E-state index < -0.39 is 6.10 Å². The van der Waals surface area contributed by atoms with Crippen molar-refractivity contribution in [3.63, 3.8) is 0 Å². The van der Waals surface area contributed by atoms with Gasteiger partial charge in [-0.3, -0.25) is 9.59 Å². The summed E-state index contributed by atoms with van der Waals surface area (Å²) in [5, 5.41) is 2.57. The van der Waals surface area contributed by atoms with Gasteiger partial charge < -0.3 is 15.0 Å². The largest absolute Gasteiger partial charge is 0.479 e. The Bertz CT molecular complexity index is 473. The molecular formula is C13H16N2O3. The number of nitrogens with one attached hydrogen (secondary N) is 1. The molecule has 96 valence electrons. The van der Waals surface area contributed by atoms with E-state index in [4.69, 9.17) is 4.74 Å². The van der Waals surface area contributed by atoms with E-state index in [1.54, 1.807) is 30.0 Å². The fourth-order valence-electron chi connectivity index (χ4n) is 2.02. The SMILES string of the molecule is CCCN1C(=O)C(C)Oc2cc(NC=O)ccc21. The van der Waals surface area contributed by atoms with Crippen molar-refractivity contribution in [2.24, 2.45) is 0 Å². The number of carbonyl (C=O) groups excluding carboxylic acids is 2. The molecule has 5 heteroatoms. The van der Waals surface area contributed by atoms with Gasteiger partial charge >= 0.3 is 0 Å². The first-order chi connectivity index (χ1) is 8.67. The molecule has 2 rings (SSSR count). The quantitative estimate of drug-likeness (QED) is 0.826. The number of benzene rings is 1. The van der Waals surface area contributed by atoms with Crippen molar-refractivity contribution in [2.75, 3.05) is 16.8 Å². The smallest absolute Gasteiger partial charge is 0.267 e. The molecule has 2 amide bonds. The molecule has 1 atom stereocenters. The average molecular weight is 248 g/mol. The van der Waals surface area contributed by atoms with Crippen molar-refractivity contribution in [3.8, 4) is 5.75 Å². The highest BCUT2D eigenvalue weighted by molar-refractivity contribution is 6.00. The average Bonchev–Trinajstić information content (AvgIpc) is 2.35. The summed E-state index contributed by atoms with van der Waals surface area (Å²) in [6.07, 6.45) is 1.00. The van der Waals surface area contributed by atoms with E-state index >= 15 is 0 Å². The van der Waals surface area contributed by atoms with Crippen LogP contribution in [0.25, 0.3) is 0 Å². The van der Waals surface area contributed by atoms with E-state index in [2.05, 4.69) is 5.32 Å². The topological polar surface area (TPSA) is 58.6 Å². The molecule has 1 aromatic carbocycles. The molecular weight excluding hydrogens is 232 g/mol. The van der Waals surface area contributed by atoms with Gasteiger partial charge in [0.05, 0.1) is 5.69 Å². The van der Waals surface area contributed by atoms with Gasteiger partial charge in [-0.2, -0.15) is 0 Å². The van der Waals surface area contributed by atoms with E-state index in [1.807, 2.05) is 6.92 Å². The van der Waals surface area contributed by atoms with Gasteiger partial charge in [0, 0.05) is 18.3 Å². The zero-order valence-electron chi connectivity index (χ0n) is 10.5. The number of rotatable bonds is 4. The van der Waals surface area contributed by atoms with Crippen LogP contribution in [0.3, 0.4) is 0 Å². The second-order valence-corrected chi connectivity index (χ2v) is 4.19. The third-order valence-corrected chi connectivity index (χ3v) is 2.84. The molecule has 18 heavy (non-hydrogen) atoms. The Morgan fingerprint density at radius 2 is 2.28 bits per heavy atom. The van der Waals surface area contributed by atoms with Crippen LogP contribution in [0.15, 0.2) is 18.2 Å². The highest BCUT2D eigenvalue weighted by Crippen LogP contribution is 2.36. The molecule has 0 saturated carbocycles. The predicted octanol–water partition coefficient (Wildman–Crippen LogP) is 1.78. The van der Waals surface area contributed by atoms with Crippen LogP contribution in [0.5, 0.6) is 5.75 Å². The first-order valence-corrected chi connectivity index (χ1v) is 5.99. The van der Waals surface area contributed by atoms with E-state index in [0.29, 0.717) is 24.4 Å². The van der Waals surface area contributed by atoms with Crippen LogP contribution in [-0.2, 0) is 9.59 Å². The van der Waals surface area contributed by atoms with Gasteiger partial charge in [0.25, 0.3) is 5.91 Å². The number of ether oxygens (including phenoxy) is 1. The van der Waals surface area contributed by atoms with Crippen molar-refractivity contribution < 1.29 is 14.3 Å². The molecule has 0 bridgehead atoms. The van der Waals surface area contributed by atoms with Crippen molar-refractivity contribution in [1.82, 2.24) is 0 Å². The maximum absolute atomic E-state index is 12.0. The Morgan fingerprint density at radius 1 is 1.50 bits per heavy atom. The van der Waals surface area contributed by atoms with E-state index in [9.17, 15) is 9.59 Å². The van der Waals surface area contributed by atoms with Gasteiger partial charge in [-0.05, 0) is 25.5 Å². The highest BCUT2D eigenvalue weighted by atomic mass is 16.5. The number of nitrogens with zero attached hydrogens (tertiary/aromatic N) is 1. The minimum atomic E-state index is -0.490. The summed E-state index contributed by atoms with van der Waals surface area (Å²) in [4.78, 5) is 24.2. The number of anilines is 2. The Balaban J connectivity index is 2.38. The molecule has 1 unspecified atom stereocenters. The molecule has 0 aliphatic carbocycles. The monoisotopic (exact) mass is 248 g/mol. The second-order valence-electron chi connectivity index (χ2n) is 4.19. The lowest BCUT2D eigenvalue weighted by molar-refractivity contribution is -0.125. The number of carbonyl (C=O) groups is 2. The maximum atomic E-state index is 12.0. The molecule has 0 radical (unpaired) electrons. The molecule has 0 saturated heterocycles. The summed E-state index contributed by atoms with van der Waals surface area (Å²) in [6.45, 7) is 4.42. The molecule has 0 fully saturated rings. The predicted molar refractivity (Wildman–Crippen MR) is 68.9 cm³/mol. The normalized spacial score (nSPS) is 18.0. The van der Waals surface area contributed by atoms with Crippen LogP contribution >= 0.6 is 0 Å². The van der Waals surface area contributed by atoms with Crippen molar-refractivity contribution in [2.45, 2.75) is 26.4 Å². The van der Waals surface area contributed by atoms with Crippen molar-refractivity contribution >= 4 is 23.7 Å². The van der Waals surface area contributed by atoms with Crippen LogP contribution in [0.4, 0.5) is 11.4 Å². The van der Waals surface area contributed by atoms with Crippen LogP contribution in [0.2, 0.25) is 0 Å². The van der Waals surface area contributed by atoms with Gasteiger partial charge in [-0.15, -0.1) is 0 Å².